The van der Waals surface area contributed by atoms with Crippen LogP contribution in [0.15, 0.2) is 24.5 Å². The van der Waals surface area contributed by atoms with E-state index < -0.39 is 0 Å². The number of aliphatic hydroxyl groups excluding tert-OH is 1. The Morgan fingerprint density at radius 1 is 1.50 bits per heavy atom. The number of hydrogen-bond acceptors (Lipinski definition) is 3. The van der Waals surface area contributed by atoms with Crippen LogP contribution in [-0.4, -0.2) is 15.1 Å². The average molecular weight is 235 g/mol. The van der Waals surface area contributed by atoms with Gasteiger partial charge in [0.15, 0.2) is 0 Å². The van der Waals surface area contributed by atoms with Crippen LogP contribution in [-0.2, 0) is 32.7 Å². The second kappa shape index (κ2) is 6.03. The predicted molar refractivity (Wildman–Crippen MR) is 40.2 cm³/mol. The van der Waals surface area contributed by atoms with Crippen LogP contribution in [0.3, 0.4) is 0 Å². The van der Waals surface area contributed by atoms with Crippen LogP contribution in [0.1, 0.15) is 5.82 Å². The third-order valence-corrected chi connectivity index (χ3v) is 1.09. The SMILES string of the molecule is [CH-]=CC(=[C-]O)c1ncccn1.[Y]. The fourth-order valence-corrected chi connectivity index (χ4v) is 0.600. The van der Waals surface area contributed by atoms with Crippen LogP contribution in [0, 0.1) is 12.8 Å². The van der Waals surface area contributed by atoms with Crippen LogP contribution < -0.4 is 0 Å². The summed E-state index contributed by atoms with van der Waals surface area (Å²) in [5.74, 6) is 0.359. The zero-order valence-corrected chi connectivity index (χ0v) is 9.14. The molecule has 0 spiro atoms. The maximum Gasteiger partial charge on any atom is 0.0139 e. The Morgan fingerprint density at radius 2 is 2.08 bits per heavy atom. The maximum atomic E-state index is 8.50. The minimum absolute atomic E-state index is 0. The van der Waals surface area contributed by atoms with E-state index >= 15 is 0 Å². The quantitative estimate of drug-likeness (QED) is 0.475. The summed E-state index contributed by atoms with van der Waals surface area (Å²) >= 11 is 0. The van der Waals surface area contributed by atoms with Gasteiger partial charge in [0.1, 0.15) is 0 Å². The Balaban J connectivity index is 0.00000121. The van der Waals surface area contributed by atoms with Crippen molar-refractivity contribution in [2.45, 2.75) is 0 Å². The Bertz CT molecular complexity index is 272. The Morgan fingerprint density at radius 3 is 2.50 bits per heavy atom. The van der Waals surface area contributed by atoms with Crippen LogP contribution in [0.2, 0.25) is 0 Å². The zero-order chi connectivity index (χ0) is 8.10. The van der Waals surface area contributed by atoms with Crippen LogP contribution >= 0.6 is 0 Å². The first kappa shape index (κ1) is 11.5. The molecule has 0 aliphatic heterocycles. The van der Waals surface area contributed by atoms with Gasteiger partial charge in [0.05, 0.1) is 0 Å². The molecule has 0 fully saturated rings. The summed E-state index contributed by atoms with van der Waals surface area (Å²) in [6, 6.07) is 1.68. The topological polar surface area (TPSA) is 46.0 Å². The maximum absolute atomic E-state index is 8.50. The van der Waals surface area contributed by atoms with E-state index in [1.54, 1.807) is 18.5 Å². The standard InChI is InChI=1S/C8H6N2O.Y/c1-2-7(6-11)8-9-4-3-5-10-8;/h1-5,11H;/q-2;. The second-order valence-corrected chi connectivity index (χ2v) is 1.76. The van der Waals surface area contributed by atoms with Gasteiger partial charge in [-0.05, 0) is 11.9 Å². The molecule has 1 aromatic rings. The summed E-state index contributed by atoms with van der Waals surface area (Å²) in [7, 11) is 0. The number of allylic oxidation sites excluding steroid dienone is 2. The molecule has 12 heavy (non-hydrogen) atoms. The second-order valence-electron chi connectivity index (χ2n) is 1.76. The van der Waals surface area contributed by atoms with Crippen molar-refractivity contribution in [1.82, 2.24) is 9.97 Å². The summed E-state index contributed by atoms with van der Waals surface area (Å²) in [6.07, 6.45) is 6.19. The Kier molecular flexibility index (Phi) is 5.76. The van der Waals surface area contributed by atoms with E-state index in [0.717, 1.165) is 0 Å². The van der Waals surface area contributed by atoms with Crippen molar-refractivity contribution in [3.8, 4) is 0 Å². The predicted octanol–water partition coefficient (Wildman–Crippen LogP) is 1.17. The first-order valence-electron chi connectivity index (χ1n) is 2.98. The molecule has 1 heterocycles. The van der Waals surface area contributed by atoms with Gasteiger partial charge in [-0.1, -0.05) is 6.26 Å². The smallest absolute Gasteiger partial charge is 0.0139 e. The van der Waals surface area contributed by atoms with E-state index in [9.17, 15) is 0 Å². The van der Waals surface area contributed by atoms with Crippen molar-refractivity contribution >= 4 is 5.57 Å². The fourth-order valence-electron chi connectivity index (χ4n) is 0.600. The van der Waals surface area contributed by atoms with Gasteiger partial charge < -0.3 is 27.7 Å². The molecule has 0 aromatic carbocycles. The van der Waals surface area contributed by atoms with Crippen LogP contribution in [0.25, 0.3) is 5.57 Å². The van der Waals surface area contributed by atoms with Crippen molar-refractivity contribution < 1.29 is 37.8 Å². The molecule has 0 bridgehead atoms. The minimum Gasteiger partial charge on any atom is -0.594 e. The number of rotatable bonds is 2. The first-order valence-corrected chi connectivity index (χ1v) is 2.98. The van der Waals surface area contributed by atoms with E-state index in [-0.39, 0.29) is 38.3 Å². The molecule has 59 valence electrons. The molecule has 0 unspecified atom stereocenters. The van der Waals surface area contributed by atoms with Gasteiger partial charge in [0, 0.05) is 45.1 Å². The molecule has 3 nitrogen and oxygen atoms in total. The van der Waals surface area contributed by atoms with Gasteiger partial charge in [-0.3, -0.25) is 5.57 Å². The number of hydrogen-bond donors (Lipinski definition) is 1. The third kappa shape index (κ3) is 2.84. The molecule has 1 radical (unpaired) electrons. The molecule has 0 saturated heterocycles. The molecule has 0 aliphatic carbocycles. The normalized spacial score (nSPS) is 10.2. The van der Waals surface area contributed by atoms with E-state index in [1.165, 1.54) is 6.08 Å². The Labute approximate surface area is 96.1 Å². The van der Waals surface area contributed by atoms with Gasteiger partial charge in [0.25, 0.3) is 0 Å². The Hall–Kier alpha value is -0.536. The van der Waals surface area contributed by atoms with Crippen LogP contribution in [0.5, 0.6) is 0 Å². The average Bonchev–Trinajstić information content (AvgIpc) is 2.09. The van der Waals surface area contributed by atoms with E-state index in [0.29, 0.717) is 5.82 Å². The van der Waals surface area contributed by atoms with Crippen molar-refractivity contribution in [1.29, 1.82) is 0 Å². The molecule has 0 amide bonds. The van der Waals surface area contributed by atoms with E-state index in [2.05, 4.69) is 9.97 Å². The molecule has 4 heteroatoms. The van der Waals surface area contributed by atoms with Crippen molar-refractivity contribution in [3.63, 3.8) is 0 Å². The zero-order valence-electron chi connectivity index (χ0n) is 6.31. The summed E-state index contributed by atoms with van der Waals surface area (Å²) in [5.41, 5.74) is 0.283. The van der Waals surface area contributed by atoms with Gasteiger partial charge in [-0.15, -0.1) is 0 Å². The van der Waals surface area contributed by atoms with Crippen molar-refractivity contribution in [3.05, 3.63) is 43.2 Å². The third-order valence-electron chi connectivity index (χ3n) is 1.09. The van der Waals surface area contributed by atoms with Crippen molar-refractivity contribution in [2.75, 3.05) is 0 Å². The van der Waals surface area contributed by atoms with Crippen LogP contribution in [0.4, 0.5) is 0 Å². The molecule has 1 aromatic heterocycles. The van der Waals surface area contributed by atoms with E-state index in [4.69, 9.17) is 11.7 Å². The molecule has 1 rings (SSSR count). The first-order chi connectivity index (χ1) is 5.38. The summed E-state index contributed by atoms with van der Waals surface area (Å²) in [6.45, 7) is 5.15. The fraction of sp³-hybridized carbons (Fsp3) is 0. The molecule has 1 N–H and O–H groups in total. The van der Waals surface area contributed by atoms with E-state index in [1.807, 2.05) is 6.26 Å². The van der Waals surface area contributed by atoms with Gasteiger partial charge in [-0.25, -0.2) is 0 Å². The summed E-state index contributed by atoms with van der Waals surface area (Å²) < 4.78 is 0. The largest absolute Gasteiger partial charge is 0.594 e. The molecule has 0 saturated carbocycles. The number of nitrogens with zero attached hydrogens (tertiary/aromatic N) is 2. The van der Waals surface area contributed by atoms with Gasteiger partial charge in [-0.2, -0.15) is 0 Å². The van der Waals surface area contributed by atoms with Gasteiger partial charge >= 0.3 is 0 Å². The van der Waals surface area contributed by atoms with Crippen molar-refractivity contribution in [2.24, 2.45) is 0 Å². The monoisotopic (exact) mass is 235 g/mol. The number of aromatic nitrogens is 2. The van der Waals surface area contributed by atoms with Gasteiger partial charge in [0.2, 0.25) is 0 Å². The molecule has 0 aliphatic rings. The molecular formula is C8H6N2OY-2. The summed E-state index contributed by atoms with van der Waals surface area (Å²) in [4.78, 5) is 7.68. The molecular weight excluding hydrogens is 229 g/mol. The number of aliphatic hydroxyl groups is 1. The summed E-state index contributed by atoms with van der Waals surface area (Å²) in [5, 5.41) is 8.50. The minimum atomic E-state index is 0. The molecule has 0 atom stereocenters.